The number of piperidine rings is 1. The Morgan fingerprint density at radius 3 is 2.55 bits per heavy atom. The molecule has 0 spiro atoms. The molecular weight excluding hydrogens is 527 g/mol. The number of benzene rings is 2. The first-order chi connectivity index (χ1) is 20.3. The van der Waals surface area contributed by atoms with Gasteiger partial charge in [-0.3, -0.25) is 9.78 Å². The molecule has 1 fully saturated rings. The minimum Gasteiger partial charge on any atom is -0.487 e. The normalized spacial score (nSPS) is 19.0. The van der Waals surface area contributed by atoms with E-state index in [9.17, 15) is 9.18 Å². The molecule has 6 heteroatoms. The number of rotatable bonds is 11. The SMILES string of the molecule is CC(CCCc1ccc(F)cc1)c1cc(OC(=O)CCCN2CCCCC2)c2c(c1)OC(C)(C)CC2c1ccncc1. The molecule has 2 atom stereocenters. The second-order valence-electron chi connectivity index (χ2n) is 12.7. The van der Waals surface area contributed by atoms with Crippen molar-refractivity contribution < 1.29 is 18.7 Å². The molecule has 2 aromatic carbocycles. The lowest BCUT2D eigenvalue weighted by molar-refractivity contribution is -0.134. The fourth-order valence-electron chi connectivity index (χ4n) is 6.47. The number of aryl methyl sites for hydroxylation is 1. The van der Waals surface area contributed by atoms with Crippen LogP contribution < -0.4 is 9.47 Å². The molecule has 0 radical (unpaired) electrons. The van der Waals surface area contributed by atoms with Gasteiger partial charge in [-0.15, -0.1) is 0 Å². The molecule has 2 unspecified atom stereocenters. The number of ether oxygens (including phenoxy) is 2. The van der Waals surface area contributed by atoms with Gasteiger partial charge in [-0.1, -0.05) is 25.5 Å². The number of esters is 1. The predicted octanol–water partition coefficient (Wildman–Crippen LogP) is 8.21. The number of hydrogen-bond acceptors (Lipinski definition) is 5. The van der Waals surface area contributed by atoms with Crippen LogP contribution in [0, 0.1) is 5.82 Å². The molecule has 3 aromatic rings. The lowest BCUT2D eigenvalue weighted by Crippen LogP contribution is -2.35. The van der Waals surface area contributed by atoms with E-state index in [1.54, 1.807) is 0 Å². The minimum absolute atomic E-state index is 0.0331. The van der Waals surface area contributed by atoms with Gasteiger partial charge in [0.05, 0.1) is 0 Å². The molecule has 42 heavy (non-hydrogen) atoms. The van der Waals surface area contributed by atoms with Gasteiger partial charge in [0.15, 0.2) is 0 Å². The molecule has 5 rings (SSSR count). The molecule has 0 amide bonds. The van der Waals surface area contributed by atoms with Crippen LogP contribution >= 0.6 is 0 Å². The van der Waals surface area contributed by atoms with Gasteiger partial charge in [-0.2, -0.15) is 0 Å². The Balaban J connectivity index is 1.37. The van der Waals surface area contributed by atoms with E-state index >= 15 is 0 Å². The Hall–Kier alpha value is -3.25. The number of aromatic nitrogens is 1. The van der Waals surface area contributed by atoms with E-state index in [2.05, 4.69) is 42.8 Å². The second kappa shape index (κ2) is 13.8. The van der Waals surface area contributed by atoms with Crippen molar-refractivity contribution in [2.45, 2.75) is 96.0 Å². The topological polar surface area (TPSA) is 51.7 Å². The van der Waals surface area contributed by atoms with Crippen LogP contribution in [0.4, 0.5) is 4.39 Å². The van der Waals surface area contributed by atoms with E-state index in [1.807, 2.05) is 36.7 Å². The summed E-state index contributed by atoms with van der Waals surface area (Å²) in [4.78, 5) is 19.9. The van der Waals surface area contributed by atoms with Gasteiger partial charge < -0.3 is 14.4 Å². The Bertz CT molecular complexity index is 1320. The van der Waals surface area contributed by atoms with Gasteiger partial charge >= 0.3 is 5.97 Å². The maximum atomic E-state index is 13.3. The highest BCUT2D eigenvalue weighted by molar-refractivity contribution is 5.74. The van der Waals surface area contributed by atoms with Crippen LogP contribution in [-0.2, 0) is 11.2 Å². The summed E-state index contributed by atoms with van der Waals surface area (Å²) in [7, 11) is 0. The third kappa shape index (κ3) is 7.97. The van der Waals surface area contributed by atoms with Crippen LogP contribution in [0.3, 0.4) is 0 Å². The number of nitrogens with zero attached hydrogens (tertiary/aromatic N) is 2. The van der Waals surface area contributed by atoms with Gasteiger partial charge in [0.2, 0.25) is 0 Å². The van der Waals surface area contributed by atoms with E-state index in [4.69, 9.17) is 9.47 Å². The van der Waals surface area contributed by atoms with E-state index in [0.29, 0.717) is 12.2 Å². The largest absolute Gasteiger partial charge is 0.487 e. The van der Waals surface area contributed by atoms with Gasteiger partial charge in [0, 0.05) is 30.3 Å². The number of likely N-dealkylation sites (tertiary alicyclic amines) is 1. The molecule has 2 aliphatic heterocycles. The van der Waals surface area contributed by atoms with Crippen molar-refractivity contribution in [2.75, 3.05) is 19.6 Å². The van der Waals surface area contributed by atoms with Crippen molar-refractivity contribution in [1.29, 1.82) is 0 Å². The smallest absolute Gasteiger partial charge is 0.311 e. The molecule has 1 aromatic heterocycles. The average molecular weight is 573 g/mol. The molecule has 0 N–H and O–H groups in total. The molecule has 0 aliphatic carbocycles. The number of carbonyl (C=O) groups excluding carboxylic acids is 1. The second-order valence-corrected chi connectivity index (χ2v) is 12.7. The number of halogens is 1. The summed E-state index contributed by atoms with van der Waals surface area (Å²) in [5, 5.41) is 0. The van der Waals surface area contributed by atoms with Crippen molar-refractivity contribution in [1.82, 2.24) is 9.88 Å². The number of carbonyl (C=O) groups is 1. The first-order valence-corrected chi connectivity index (χ1v) is 15.7. The van der Waals surface area contributed by atoms with Crippen LogP contribution in [0.1, 0.15) is 106 Å². The maximum absolute atomic E-state index is 13.3. The summed E-state index contributed by atoms with van der Waals surface area (Å²) < 4.78 is 26.1. The van der Waals surface area contributed by atoms with Gasteiger partial charge in [0.1, 0.15) is 22.9 Å². The van der Waals surface area contributed by atoms with Gasteiger partial charge in [-0.05, 0) is 137 Å². The molecule has 0 saturated carbocycles. The number of pyridine rings is 1. The van der Waals surface area contributed by atoms with E-state index in [1.165, 1.54) is 31.4 Å². The first-order valence-electron chi connectivity index (χ1n) is 15.7. The zero-order valence-corrected chi connectivity index (χ0v) is 25.4. The monoisotopic (exact) mass is 572 g/mol. The third-order valence-electron chi connectivity index (χ3n) is 8.78. The van der Waals surface area contributed by atoms with Crippen LogP contribution in [0.2, 0.25) is 0 Å². The van der Waals surface area contributed by atoms with Gasteiger partial charge in [0.25, 0.3) is 0 Å². The van der Waals surface area contributed by atoms with Crippen LogP contribution in [0.5, 0.6) is 11.5 Å². The molecule has 224 valence electrons. The van der Waals surface area contributed by atoms with Gasteiger partial charge in [-0.25, -0.2) is 4.39 Å². The van der Waals surface area contributed by atoms with Crippen LogP contribution in [-0.4, -0.2) is 41.1 Å². The Morgan fingerprint density at radius 2 is 1.81 bits per heavy atom. The molecule has 1 saturated heterocycles. The lowest BCUT2D eigenvalue weighted by Gasteiger charge is -2.39. The summed E-state index contributed by atoms with van der Waals surface area (Å²) in [6.07, 6.45) is 12.2. The van der Waals surface area contributed by atoms with Crippen LogP contribution in [0.15, 0.2) is 60.9 Å². The predicted molar refractivity (Wildman–Crippen MR) is 165 cm³/mol. The molecule has 2 aliphatic rings. The Morgan fingerprint density at radius 1 is 1.07 bits per heavy atom. The Labute approximate surface area is 250 Å². The van der Waals surface area contributed by atoms with E-state index in [-0.39, 0.29) is 29.2 Å². The maximum Gasteiger partial charge on any atom is 0.311 e. The summed E-state index contributed by atoms with van der Waals surface area (Å²) in [6, 6.07) is 15.1. The average Bonchev–Trinajstić information content (AvgIpc) is 2.98. The zero-order valence-electron chi connectivity index (χ0n) is 25.4. The summed E-state index contributed by atoms with van der Waals surface area (Å²) in [5.74, 6) is 1.29. The Kier molecular flexibility index (Phi) is 9.94. The molecule has 0 bridgehead atoms. The van der Waals surface area contributed by atoms with E-state index in [0.717, 1.165) is 79.7 Å². The third-order valence-corrected chi connectivity index (χ3v) is 8.78. The summed E-state index contributed by atoms with van der Waals surface area (Å²) >= 11 is 0. The lowest BCUT2D eigenvalue weighted by atomic mass is 9.79. The van der Waals surface area contributed by atoms with Crippen molar-refractivity contribution in [2.24, 2.45) is 0 Å². The molecule has 5 nitrogen and oxygen atoms in total. The molecular formula is C36H45FN2O3. The van der Waals surface area contributed by atoms with Crippen LogP contribution in [0.25, 0.3) is 0 Å². The first kappa shape index (κ1) is 30.2. The summed E-state index contributed by atoms with van der Waals surface area (Å²) in [6.45, 7) is 9.65. The van der Waals surface area contributed by atoms with Crippen molar-refractivity contribution in [3.8, 4) is 11.5 Å². The number of hydrogen-bond donors (Lipinski definition) is 0. The highest BCUT2D eigenvalue weighted by Gasteiger charge is 2.38. The quantitative estimate of drug-likeness (QED) is 0.171. The summed E-state index contributed by atoms with van der Waals surface area (Å²) in [5.41, 5.74) is 3.96. The highest BCUT2D eigenvalue weighted by Crippen LogP contribution is 2.50. The van der Waals surface area contributed by atoms with Crippen molar-refractivity contribution in [3.05, 3.63) is 89.0 Å². The molecule has 3 heterocycles. The highest BCUT2D eigenvalue weighted by atomic mass is 19.1. The fraction of sp³-hybridized carbons (Fsp3) is 0.500. The van der Waals surface area contributed by atoms with Crippen molar-refractivity contribution >= 4 is 5.97 Å². The zero-order chi connectivity index (χ0) is 29.5. The standard InChI is InChI=1S/C36H45FN2O3/c1-26(9-7-10-27-12-14-30(37)15-13-27)29-23-32(41-34(40)11-8-22-39-20-5-4-6-21-39)35-31(28-16-18-38-19-17-28)25-36(2,3)42-33(35)24-29/h12-19,23-24,26,31H,4-11,20-22,25H2,1-3H3. The van der Waals surface area contributed by atoms with E-state index < -0.39 is 0 Å². The minimum atomic E-state index is -0.374. The number of fused-ring (bicyclic) bond motifs is 1. The van der Waals surface area contributed by atoms with Crippen molar-refractivity contribution in [3.63, 3.8) is 0 Å². The fourth-order valence-corrected chi connectivity index (χ4v) is 6.47.